The van der Waals surface area contributed by atoms with Gasteiger partial charge in [-0.1, -0.05) is 30.0 Å². The van der Waals surface area contributed by atoms with E-state index in [0.29, 0.717) is 60.0 Å². The largest absolute Gasteiger partial charge is 0.394 e. The van der Waals surface area contributed by atoms with Crippen LogP contribution < -0.4 is 10.9 Å². The molecule has 0 radical (unpaired) electrons. The molecule has 1 fully saturated rings. The summed E-state index contributed by atoms with van der Waals surface area (Å²) in [6.45, 7) is 6.31. The van der Waals surface area contributed by atoms with Crippen molar-refractivity contribution in [1.82, 2.24) is 14.3 Å². The number of hydrogen-bond acceptors (Lipinski definition) is 9. The van der Waals surface area contributed by atoms with Gasteiger partial charge in [0.2, 0.25) is 0 Å². The smallest absolute Gasteiger partial charge is 0.267 e. The van der Waals surface area contributed by atoms with E-state index in [1.807, 2.05) is 19.9 Å². The lowest BCUT2D eigenvalue weighted by molar-refractivity contribution is -0.122. The van der Waals surface area contributed by atoms with Gasteiger partial charge < -0.3 is 19.9 Å². The molecule has 1 amide bonds. The van der Waals surface area contributed by atoms with Crippen LogP contribution in [0.1, 0.15) is 24.5 Å². The molecule has 1 aliphatic heterocycles. The molecule has 0 atom stereocenters. The SMILES string of the molecule is CCOCCCN1C(=O)/C(=C\c2c(NCCOCCO)nc3c(C)cccn3c2=O)SC1=S. The number of aliphatic hydroxyl groups is 1. The number of aromatic nitrogens is 2. The van der Waals surface area contributed by atoms with Crippen LogP contribution in [0.3, 0.4) is 0 Å². The quantitative estimate of drug-likeness (QED) is 0.262. The van der Waals surface area contributed by atoms with Gasteiger partial charge in [-0.25, -0.2) is 4.98 Å². The molecule has 0 aliphatic carbocycles. The number of rotatable bonds is 12. The van der Waals surface area contributed by atoms with E-state index in [9.17, 15) is 9.59 Å². The highest BCUT2D eigenvalue weighted by atomic mass is 32.2. The van der Waals surface area contributed by atoms with E-state index >= 15 is 0 Å². The topological polar surface area (TPSA) is 105 Å². The molecule has 2 aromatic rings. The zero-order valence-electron chi connectivity index (χ0n) is 18.7. The summed E-state index contributed by atoms with van der Waals surface area (Å²) in [5.41, 5.74) is 1.36. The number of carbonyl (C=O) groups excluding carboxylic acids is 1. The normalized spacial score (nSPS) is 15.2. The van der Waals surface area contributed by atoms with Gasteiger partial charge in [0, 0.05) is 32.5 Å². The number of fused-ring (bicyclic) bond motifs is 1. The number of nitrogens with zero attached hydrogens (tertiary/aromatic N) is 3. The zero-order chi connectivity index (χ0) is 23.8. The number of pyridine rings is 1. The summed E-state index contributed by atoms with van der Waals surface area (Å²) >= 11 is 6.57. The first-order valence-electron chi connectivity index (χ1n) is 10.8. The zero-order valence-corrected chi connectivity index (χ0v) is 20.3. The first kappa shape index (κ1) is 25.3. The number of carbonyl (C=O) groups is 1. The second kappa shape index (κ2) is 12.2. The average molecular weight is 493 g/mol. The Kier molecular flexibility index (Phi) is 9.39. The highest BCUT2D eigenvalue weighted by Crippen LogP contribution is 2.33. The predicted molar refractivity (Wildman–Crippen MR) is 134 cm³/mol. The third-order valence-electron chi connectivity index (χ3n) is 4.88. The molecule has 2 N–H and O–H groups in total. The molecule has 1 aliphatic rings. The first-order chi connectivity index (χ1) is 16.0. The van der Waals surface area contributed by atoms with Gasteiger partial charge in [0.15, 0.2) is 0 Å². The average Bonchev–Trinajstić information content (AvgIpc) is 3.06. The number of aliphatic hydroxyl groups excluding tert-OH is 1. The fourth-order valence-electron chi connectivity index (χ4n) is 3.28. The van der Waals surface area contributed by atoms with Gasteiger partial charge in [0.05, 0.1) is 30.3 Å². The summed E-state index contributed by atoms with van der Waals surface area (Å²) in [5, 5.41) is 12.0. The van der Waals surface area contributed by atoms with E-state index in [-0.39, 0.29) is 30.2 Å². The highest BCUT2D eigenvalue weighted by molar-refractivity contribution is 8.26. The lowest BCUT2D eigenvalue weighted by atomic mass is 10.2. The van der Waals surface area contributed by atoms with E-state index in [1.165, 1.54) is 21.1 Å². The monoisotopic (exact) mass is 492 g/mol. The van der Waals surface area contributed by atoms with Crippen molar-refractivity contribution in [2.45, 2.75) is 20.3 Å². The van der Waals surface area contributed by atoms with Crippen LogP contribution in [0.25, 0.3) is 11.7 Å². The molecule has 0 aromatic carbocycles. The molecule has 0 unspecified atom stereocenters. The molecule has 3 rings (SSSR count). The molecular formula is C22H28N4O5S2. The van der Waals surface area contributed by atoms with Gasteiger partial charge in [-0.05, 0) is 38.0 Å². The van der Waals surface area contributed by atoms with Crippen molar-refractivity contribution < 1.29 is 19.4 Å². The number of nitrogens with one attached hydrogen (secondary N) is 1. The fraction of sp³-hybridized carbons (Fsp3) is 0.455. The van der Waals surface area contributed by atoms with Gasteiger partial charge in [0.25, 0.3) is 11.5 Å². The Labute approximate surface area is 201 Å². The van der Waals surface area contributed by atoms with Crippen LogP contribution in [-0.2, 0) is 14.3 Å². The molecule has 1 saturated heterocycles. The minimum Gasteiger partial charge on any atom is -0.394 e. The summed E-state index contributed by atoms with van der Waals surface area (Å²) in [7, 11) is 0. The van der Waals surface area contributed by atoms with Crippen LogP contribution in [-0.4, -0.2) is 75.7 Å². The summed E-state index contributed by atoms with van der Waals surface area (Å²) < 4.78 is 12.6. The van der Waals surface area contributed by atoms with E-state index < -0.39 is 0 Å². The van der Waals surface area contributed by atoms with Gasteiger partial charge >= 0.3 is 0 Å². The Bertz CT molecular complexity index is 1100. The van der Waals surface area contributed by atoms with E-state index in [1.54, 1.807) is 18.3 Å². The number of aryl methyl sites for hydroxylation is 1. The summed E-state index contributed by atoms with van der Waals surface area (Å²) in [5.74, 6) is 0.135. The third kappa shape index (κ3) is 6.18. The van der Waals surface area contributed by atoms with Crippen molar-refractivity contribution in [3.05, 3.63) is 44.7 Å². The van der Waals surface area contributed by atoms with Crippen LogP contribution in [0, 0.1) is 6.92 Å². The highest BCUT2D eigenvalue weighted by Gasteiger charge is 2.32. The summed E-state index contributed by atoms with van der Waals surface area (Å²) in [4.78, 5) is 32.9. The molecule has 33 heavy (non-hydrogen) atoms. The molecule has 178 valence electrons. The van der Waals surface area contributed by atoms with Crippen molar-refractivity contribution in [3.8, 4) is 0 Å². The maximum Gasteiger partial charge on any atom is 0.267 e. The van der Waals surface area contributed by atoms with Crippen molar-refractivity contribution >= 4 is 51.7 Å². The van der Waals surface area contributed by atoms with Gasteiger partial charge in [-0.2, -0.15) is 0 Å². The lowest BCUT2D eigenvalue weighted by Crippen LogP contribution is -2.29. The fourth-order valence-corrected chi connectivity index (χ4v) is 4.57. The van der Waals surface area contributed by atoms with Crippen molar-refractivity contribution in [3.63, 3.8) is 0 Å². The maximum absolute atomic E-state index is 13.3. The van der Waals surface area contributed by atoms with Gasteiger partial charge in [-0.15, -0.1) is 0 Å². The molecule has 9 nitrogen and oxygen atoms in total. The second-order valence-electron chi connectivity index (χ2n) is 7.21. The van der Waals surface area contributed by atoms with Crippen LogP contribution in [0.2, 0.25) is 0 Å². The number of ether oxygens (including phenoxy) is 2. The first-order valence-corrected chi connectivity index (χ1v) is 12.0. The van der Waals surface area contributed by atoms with Crippen molar-refractivity contribution in [2.24, 2.45) is 0 Å². The minimum absolute atomic E-state index is 0.0631. The van der Waals surface area contributed by atoms with Crippen molar-refractivity contribution in [2.75, 3.05) is 51.4 Å². The van der Waals surface area contributed by atoms with Crippen LogP contribution >= 0.6 is 24.0 Å². The summed E-state index contributed by atoms with van der Waals surface area (Å²) in [6, 6.07) is 3.66. The van der Waals surface area contributed by atoms with Gasteiger partial charge in [0.1, 0.15) is 15.8 Å². The van der Waals surface area contributed by atoms with Crippen LogP contribution in [0.15, 0.2) is 28.0 Å². The standard InChI is InChI=1S/C22H28N4O5S2/c1-3-30-11-5-9-26-21(29)17(33-22(26)32)14-16-18(23-7-12-31-13-10-27)24-19-15(2)6-4-8-25(19)20(16)28/h4,6,8,14,23,27H,3,5,7,9-13H2,1-2H3/b17-14+. The van der Waals surface area contributed by atoms with E-state index in [0.717, 1.165) is 5.56 Å². The number of anilines is 1. The molecule has 3 heterocycles. The Morgan fingerprint density at radius 2 is 2.09 bits per heavy atom. The van der Waals surface area contributed by atoms with Crippen molar-refractivity contribution in [1.29, 1.82) is 0 Å². The number of hydrogen-bond donors (Lipinski definition) is 2. The molecule has 11 heteroatoms. The lowest BCUT2D eigenvalue weighted by Gasteiger charge is -2.14. The predicted octanol–water partition coefficient (Wildman–Crippen LogP) is 2.05. The Morgan fingerprint density at radius 1 is 1.27 bits per heavy atom. The number of thiocarbonyl (C=S) groups is 1. The Balaban J connectivity index is 1.92. The van der Waals surface area contributed by atoms with E-state index in [2.05, 4.69) is 10.3 Å². The maximum atomic E-state index is 13.3. The molecule has 2 aromatic heterocycles. The third-order valence-corrected chi connectivity index (χ3v) is 6.26. The van der Waals surface area contributed by atoms with Crippen LogP contribution in [0.4, 0.5) is 5.82 Å². The Hall–Kier alpha value is -2.31. The minimum atomic E-state index is -0.288. The molecule has 0 spiro atoms. The van der Waals surface area contributed by atoms with Gasteiger partial charge in [-0.3, -0.25) is 18.9 Å². The Morgan fingerprint density at radius 3 is 2.85 bits per heavy atom. The number of amides is 1. The molecule has 0 saturated carbocycles. The second-order valence-corrected chi connectivity index (χ2v) is 8.89. The molecular weight excluding hydrogens is 464 g/mol. The summed E-state index contributed by atoms with van der Waals surface area (Å²) in [6.07, 6.45) is 3.89. The molecule has 0 bridgehead atoms. The number of thioether (sulfide) groups is 1. The van der Waals surface area contributed by atoms with Crippen LogP contribution in [0.5, 0.6) is 0 Å². The van der Waals surface area contributed by atoms with E-state index in [4.69, 9.17) is 26.8 Å².